The van der Waals surface area contributed by atoms with Crippen LogP contribution in [-0.2, 0) is 6.42 Å². The maximum absolute atomic E-state index is 5.46. The molecule has 0 spiro atoms. The first-order valence-electron chi connectivity index (χ1n) is 2.83. The molecule has 0 fully saturated rings. The second-order valence-electron chi connectivity index (χ2n) is 1.72. The molecule has 0 bridgehead atoms. The second-order valence-corrected chi connectivity index (χ2v) is 2.10. The summed E-state index contributed by atoms with van der Waals surface area (Å²) in [7, 11) is 0. The van der Waals surface area contributed by atoms with Gasteiger partial charge in [-0.15, -0.1) is 11.6 Å². The Hall–Kier alpha value is -0.570. The molecular weight excluding hydrogens is 138 g/mol. The van der Waals surface area contributed by atoms with Crippen LogP contribution in [0.15, 0.2) is 6.33 Å². The van der Waals surface area contributed by atoms with Gasteiger partial charge in [-0.05, 0) is 6.42 Å². The van der Waals surface area contributed by atoms with Gasteiger partial charge in [-0.1, -0.05) is 0 Å². The lowest BCUT2D eigenvalue weighted by molar-refractivity contribution is 0.845. The van der Waals surface area contributed by atoms with Gasteiger partial charge in [-0.25, -0.2) is 4.98 Å². The lowest BCUT2D eigenvalue weighted by atomic mass is 10.3. The van der Waals surface area contributed by atoms with Crippen molar-refractivity contribution in [1.29, 1.82) is 0 Å². The highest BCUT2D eigenvalue weighted by Gasteiger charge is 1.91. The number of hydrogen-bond acceptors (Lipinski definition) is 2. The van der Waals surface area contributed by atoms with Crippen LogP contribution in [0.5, 0.6) is 0 Å². The molecule has 1 aromatic rings. The highest BCUT2D eigenvalue weighted by atomic mass is 35.5. The highest BCUT2D eigenvalue weighted by Crippen LogP contribution is 1.93. The third-order valence-electron chi connectivity index (χ3n) is 1.01. The maximum Gasteiger partial charge on any atom is 0.137 e. The first-order valence-corrected chi connectivity index (χ1v) is 3.37. The Kier molecular flexibility index (Phi) is 2.51. The minimum Gasteiger partial charge on any atom is -0.263 e. The fraction of sp³-hybridized carbons (Fsp3) is 0.600. The molecule has 0 unspecified atom stereocenters. The van der Waals surface area contributed by atoms with E-state index < -0.39 is 0 Å². The van der Waals surface area contributed by atoms with Crippen LogP contribution in [0, 0.1) is 0 Å². The summed E-state index contributed by atoms with van der Waals surface area (Å²) in [5.41, 5.74) is 0. The number of H-pyrrole nitrogens is 1. The molecule has 0 radical (unpaired) electrons. The molecule has 0 aromatic carbocycles. The van der Waals surface area contributed by atoms with Crippen LogP contribution in [0.1, 0.15) is 12.2 Å². The number of aromatic nitrogens is 3. The predicted molar refractivity (Wildman–Crippen MR) is 35.4 cm³/mol. The topological polar surface area (TPSA) is 41.6 Å². The first-order chi connectivity index (χ1) is 4.43. The smallest absolute Gasteiger partial charge is 0.137 e. The number of hydrogen-bond donors (Lipinski definition) is 1. The van der Waals surface area contributed by atoms with Gasteiger partial charge in [-0.2, -0.15) is 5.10 Å². The van der Waals surface area contributed by atoms with Gasteiger partial charge in [-0.3, -0.25) is 5.10 Å². The quantitative estimate of drug-likeness (QED) is 0.645. The standard InChI is InChI=1S/C5H8ClN3/c6-3-1-2-5-7-4-8-9-5/h4H,1-3H2,(H,7,8,9). The molecule has 50 valence electrons. The van der Waals surface area contributed by atoms with Gasteiger partial charge in [0.25, 0.3) is 0 Å². The SMILES string of the molecule is ClCCCc1ncn[nH]1. The fourth-order valence-electron chi connectivity index (χ4n) is 0.586. The Balaban J connectivity index is 2.30. The molecule has 0 saturated carbocycles. The molecule has 9 heavy (non-hydrogen) atoms. The minimum absolute atomic E-state index is 0.681. The molecule has 1 heterocycles. The molecule has 0 aliphatic carbocycles. The van der Waals surface area contributed by atoms with Gasteiger partial charge in [0.2, 0.25) is 0 Å². The zero-order valence-corrected chi connectivity index (χ0v) is 5.73. The summed E-state index contributed by atoms with van der Waals surface area (Å²) in [6.07, 6.45) is 3.35. The number of aromatic amines is 1. The van der Waals surface area contributed by atoms with Gasteiger partial charge in [0.15, 0.2) is 0 Å². The van der Waals surface area contributed by atoms with Crippen molar-refractivity contribution in [3.63, 3.8) is 0 Å². The van der Waals surface area contributed by atoms with Crippen molar-refractivity contribution in [2.24, 2.45) is 0 Å². The fourth-order valence-corrected chi connectivity index (χ4v) is 0.719. The largest absolute Gasteiger partial charge is 0.263 e. The summed E-state index contributed by atoms with van der Waals surface area (Å²) in [5.74, 6) is 1.59. The average Bonchev–Trinajstić information content (AvgIpc) is 2.34. The van der Waals surface area contributed by atoms with Crippen molar-refractivity contribution in [3.05, 3.63) is 12.2 Å². The molecule has 1 rings (SSSR count). The highest BCUT2D eigenvalue weighted by molar-refractivity contribution is 6.17. The number of aryl methyl sites for hydroxylation is 1. The third kappa shape index (κ3) is 2.01. The van der Waals surface area contributed by atoms with Gasteiger partial charge in [0.05, 0.1) is 0 Å². The van der Waals surface area contributed by atoms with Crippen LogP contribution in [0.4, 0.5) is 0 Å². The van der Waals surface area contributed by atoms with E-state index in [0.29, 0.717) is 5.88 Å². The van der Waals surface area contributed by atoms with Crippen molar-refractivity contribution in [1.82, 2.24) is 15.2 Å². The van der Waals surface area contributed by atoms with E-state index in [4.69, 9.17) is 11.6 Å². The maximum atomic E-state index is 5.46. The van der Waals surface area contributed by atoms with Gasteiger partial charge < -0.3 is 0 Å². The van der Waals surface area contributed by atoms with E-state index in [9.17, 15) is 0 Å². The van der Waals surface area contributed by atoms with E-state index in [-0.39, 0.29) is 0 Å². The van der Waals surface area contributed by atoms with Crippen LogP contribution in [0.2, 0.25) is 0 Å². The van der Waals surface area contributed by atoms with Gasteiger partial charge in [0.1, 0.15) is 12.2 Å². The monoisotopic (exact) mass is 145 g/mol. The van der Waals surface area contributed by atoms with Crippen molar-refractivity contribution in [3.8, 4) is 0 Å². The number of nitrogens with one attached hydrogen (secondary N) is 1. The molecule has 0 saturated heterocycles. The Morgan fingerprint density at radius 1 is 1.67 bits per heavy atom. The summed E-state index contributed by atoms with van der Waals surface area (Å²) in [6, 6.07) is 0. The molecule has 0 atom stereocenters. The normalized spacial score (nSPS) is 9.89. The second kappa shape index (κ2) is 3.45. The van der Waals surface area contributed by atoms with Crippen LogP contribution in [0.3, 0.4) is 0 Å². The molecule has 1 N–H and O–H groups in total. The lowest BCUT2D eigenvalue weighted by Crippen LogP contribution is -1.88. The van der Waals surface area contributed by atoms with Crippen molar-refractivity contribution < 1.29 is 0 Å². The van der Waals surface area contributed by atoms with Crippen LogP contribution in [0.25, 0.3) is 0 Å². The Labute approximate surface area is 58.4 Å². The van der Waals surface area contributed by atoms with Gasteiger partial charge >= 0.3 is 0 Å². The minimum atomic E-state index is 0.681. The number of halogens is 1. The molecular formula is C5H8ClN3. The van der Waals surface area contributed by atoms with Crippen LogP contribution in [-0.4, -0.2) is 21.1 Å². The molecule has 0 aliphatic heterocycles. The summed E-state index contributed by atoms with van der Waals surface area (Å²) < 4.78 is 0. The Morgan fingerprint density at radius 2 is 2.56 bits per heavy atom. The van der Waals surface area contributed by atoms with E-state index >= 15 is 0 Å². The summed E-state index contributed by atoms with van der Waals surface area (Å²) >= 11 is 5.46. The number of alkyl halides is 1. The molecule has 1 aromatic heterocycles. The number of nitrogens with zero attached hydrogens (tertiary/aromatic N) is 2. The lowest BCUT2D eigenvalue weighted by Gasteiger charge is -1.88. The van der Waals surface area contributed by atoms with Crippen LogP contribution >= 0.6 is 11.6 Å². The zero-order valence-electron chi connectivity index (χ0n) is 4.97. The van der Waals surface area contributed by atoms with Crippen LogP contribution < -0.4 is 0 Å². The summed E-state index contributed by atoms with van der Waals surface area (Å²) in [5, 5.41) is 6.45. The molecule has 3 nitrogen and oxygen atoms in total. The van der Waals surface area contributed by atoms with E-state index in [1.165, 1.54) is 6.33 Å². The molecule has 0 aliphatic rings. The molecule has 0 amide bonds. The summed E-state index contributed by atoms with van der Waals surface area (Å²) in [4.78, 5) is 3.93. The Bertz CT molecular complexity index is 149. The van der Waals surface area contributed by atoms with E-state index in [1.807, 2.05) is 0 Å². The van der Waals surface area contributed by atoms with Gasteiger partial charge in [0, 0.05) is 12.3 Å². The van der Waals surface area contributed by atoms with E-state index in [1.54, 1.807) is 0 Å². The summed E-state index contributed by atoms with van der Waals surface area (Å²) in [6.45, 7) is 0. The van der Waals surface area contributed by atoms with E-state index in [0.717, 1.165) is 18.7 Å². The number of rotatable bonds is 3. The average molecular weight is 146 g/mol. The Morgan fingerprint density at radius 3 is 3.11 bits per heavy atom. The van der Waals surface area contributed by atoms with Crippen molar-refractivity contribution in [2.45, 2.75) is 12.8 Å². The van der Waals surface area contributed by atoms with Crippen molar-refractivity contribution in [2.75, 3.05) is 5.88 Å². The molecule has 4 heteroatoms. The first kappa shape index (κ1) is 6.55. The van der Waals surface area contributed by atoms with E-state index in [2.05, 4.69) is 15.2 Å². The zero-order chi connectivity index (χ0) is 6.53. The predicted octanol–water partition coefficient (Wildman–Crippen LogP) is 0.976. The van der Waals surface area contributed by atoms with Crippen molar-refractivity contribution >= 4 is 11.6 Å². The third-order valence-corrected chi connectivity index (χ3v) is 1.28.